The molecule has 1 N–H and O–H groups in total. The molecule has 0 aliphatic carbocycles. The van der Waals surface area contributed by atoms with Gasteiger partial charge in [0.1, 0.15) is 0 Å². The Morgan fingerprint density at radius 1 is 1.31 bits per heavy atom. The molecule has 0 radical (unpaired) electrons. The van der Waals surface area contributed by atoms with Crippen molar-refractivity contribution < 1.29 is 19.4 Å². The lowest BCUT2D eigenvalue weighted by Gasteiger charge is -2.13. The van der Waals surface area contributed by atoms with Crippen LogP contribution >= 0.6 is 39.3 Å². The zero-order chi connectivity index (χ0) is 18.8. The van der Waals surface area contributed by atoms with Crippen LogP contribution in [0, 0.1) is 0 Å². The summed E-state index contributed by atoms with van der Waals surface area (Å²) in [5.41, 5.74) is 1.39. The van der Waals surface area contributed by atoms with Crippen LogP contribution in [0.4, 0.5) is 4.79 Å². The predicted molar refractivity (Wildman–Crippen MR) is 105 cm³/mol. The maximum Gasteiger partial charge on any atom is 0.293 e. The van der Waals surface area contributed by atoms with Gasteiger partial charge in [-0.1, -0.05) is 45.7 Å². The largest absolute Gasteiger partial charge is 0.503 e. The van der Waals surface area contributed by atoms with E-state index >= 15 is 0 Å². The molecule has 1 aliphatic heterocycles. The number of aromatic hydroxyl groups is 1. The van der Waals surface area contributed by atoms with Gasteiger partial charge in [0.15, 0.2) is 11.5 Å². The number of imide groups is 1. The lowest BCUT2D eigenvalue weighted by molar-refractivity contribution is -0.123. The number of hydrogen-bond acceptors (Lipinski definition) is 5. The molecule has 0 spiro atoms. The Balaban J connectivity index is 1.88. The standard InChI is InChI=1S/C18H13BrClNO4S/c1-25-14-7-10(6-13(20)16(14)22)8-15-17(23)21(18(24)26-15)9-11-4-2-3-5-12(11)19/h2-8,22H,9H2,1H3/b15-8-. The van der Waals surface area contributed by atoms with Crippen molar-refractivity contribution in [3.05, 3.63) is 61.9 Å². The topological polar surface area (TPSA) is 66.8 Å². The number of nitrogens with zero attached hydrogens (tertiary/aromatic N) is 1. The van der Waals surface area contributed by atoms with Crippen LogP contribution < -0.4 is 4.74 Å². The first-order chi connectivity index (χ1) is 12.4. The fourth-order valence-electron chi connectivity index (χ4n) is 2.42. The highest BCUT2D eigenvalue weighted by molar-refractivity contribution is 9.10. The Bertz CT molecular complexity index is 931. The van der Waals surface area contributed by atoms with Gasteiger partial charge >= 0.3 is 0 Å². The smallest absolute Gasteiger partial charge is 0.293 e. The van der Waals surface area contributed by atoms with E-state index in [-0.39, 0.29) is 39.1 Å². The van der Waals surface area contributed by atoms with E-state index in [1.54, 1.807) is 12.1 Å². The quantitative estimate of drug-likeness (QED) is 0.655. The van der Waals surface area contributed by atoms with Gasteiger partial charge < -0.3 is 9.84 Å². The molecule has 1 heterocycles. The molecule has 0 bridgehead atoms. The summed E-state index contributed by atoms with van der Waals surface area (Å²) in [7, 11) is 1.40. The van der Waals surface area contributed by atoms with Crippen LogP contribution in [0.15, 0.2) is 45.8 Å². The van der Waals surface area contributed by atoms with Crippen LogP contribution in [-0.2, 0) is 11.3 Å². The van der Waals surface area contributed by atoms with E-state index in [0.717, 1.165) is 21.8 Å². The highest BCUT2D eigenvalue weighted by atomic mass is 79.9. The molecular formula is C18H13BrClNO4S. The first-order valence-electron chi connectivity index (χ1n) is 7.46. The number of carbonyl (C=O) groups is 2. The van der Waals surface area contributed by atoms with E-state index in [1.165, 1.54) is 18.1 Å². The van der Waals surface area contributed by atoms with E-state index in [2.05, 4.69) is 15.9 Å². The van der Waals surface area contributed by atoms with Crippen molar-refractivity contribution in [1.82, 2.24) is 4.90 Å². The van der Waals surface area contributed by atoms with Crippen molar-refractivity contribution in [2.24, 2.45) is 0 Å². The van der Waals surface area contributed by atoms with Crippen molar-refractivity contribution in [1.29, 1.82) is 0 Å². The molecule has 1 saturated heterocycles. The van der Waals surface area contributed by atoms with Gasteiger partial charge in [0.25, 0.3) is 11.1 Å². The molecule has 0 atom stereocenters. The summed E-state index contributed by atoms with van der Waals surface area (Å²) in [6, 6.07) is 10.5. The van der Waals surface area contributed by atoms with Crippen LogP contribution in [-0.4, -0.2) is 28.3 Å². The molecule has 5 nitrogen and oxygen atoms in total. The SMILES string of the molecule is COc1cc(/C=C2\SC(=O)N(Cc3ccccc3Br)C2=O)cc(Cl)c1O. The number of amides is 2. The Kier molecular flexibility index (Phi) is 5.60. The second-order valence-electron chi connectivity index (χ2n) is 5.41. The first kappa shape index (κ1) is 18.8. The van der Waals surface area contributed by atoms with Gasteiger partial charge in [-0.25, -0.2) is 0 Å². The van der Waals surface area contributed by atoms with Crippen LogP contribution in [0.25, 0.3) is 6.08 Å². The number of benzene rings is 2. The van der Waals surface area contributed by atoms with Crippen LogP contribution in [0.5, 0.6) is 11.5 Å². The molecule has 2 aromatic rings. The predicted octanol–water partition coefficient (Wildman–Crippen LogP) is 5.05. The molecular weight excluding hydrogens is 442 g/mol. The van der Waals surface area contributed by atoms with Crippen LogP contribution in [0.2, 0.25) is 5.02 Å². The van der Waals surface area contributed by atoms with E-state index < -0.39 is 0 Å². The summed E-state index contributed by atoms with van der Waals surface area (Å²) < 4.78 is 5.89. The van der Waals surface area contributed by atoms with Crippen molar-refractivity contribution in [3.63, 3.8) is 0 Å². The Morgan fingerprint density at radius 3 is 2.73 bits per heavy atom. The highest BCUT2D eigenvalue weighted by Crippen LogP contribution is 2.38. The lowest BCUT2D eigenvalue weighted by Crippen LogP contribution is -2.27. The highest BCUT2D eigenvalue weighted by Gasteiger charge is 2.35. The number of rotatable bonds is 4. The van der Waals surface area contributed by atoms with E-state index in [4.69, 9.17) is 16.3 Å². The summed E-state index contributed by atoms with van der Waals surface area (Å²) in [6.07, 6.45) is 1.55. The molecule has 26 heavy (non-hydrogen) atoms. The average Bonchev–Trinajstić information content (AvgIpc) is 2.87. The first-order valence-corrected chi connectivity index (χ1v) is 9.44. The summed E-state index contributed by atoms with van der Waals surface area (Å²) in [5, 5.41) is 9.55. The van der Waals surface area contributed by atoms with Gasteiger partial charge in [-0.3, -0.25) is 14.5 Å². The number of carbonyl (C=O) groups excluding carboxylic acids is 2. The van der Waals surface area contributed by atoms with Crippen molar-refractivity contribution in [2.45, 2.75) is 6.54 Å². The number of phenolic OH excluding ortho intramolecular Hbond substituents is 1. The van der Waals surface area contributed by atoms with Crippen LogP contribution in [0.3, 0.4) is 0 Å². The van der Waals surface area contributed by atoms with Crippen molar-refractivity contribution in [3.8, 4) is 11.5 Å². The van der Waals surface area contributed by atoms with Crippen LogP contribution in [0.1, 0.15) is 11.1 Å². The van der Waals surface area contributed by atoms with Gasteiger partial charge in [-0.15, -0.1) is 0 Å². The summed E-state index contributed by atoms with van der Waals surface area (Å²) >= 11 is 10.3. The summed E-state index contributed by atoms with van der Waals surface area (Å²) in [6.45, 7) is 0.184. The fraction of sp³-hybridized carbons (Fsp3) is 0.111. The Hall–Kier alpha value is -1.96. The molecule has 3 rings (SSSR count). The monoisotopic (exact) mass is 453 g/mol. The van der Waals surface area contributed by atoms with Gasteiger partial charge in [-0.2, -0.15) is 0 Å². The maximum atomic E-state index is 12.6. The van der Waals surface area contributed by atoms with Crippen molar-refractivity contribution in [2.75, 3.05) is 7.11 Å². The number of methoxy groups -OCH3 is 1. The zero-order valence-electron chi connectivity index (χ0n) is 13.5. The van der Waals surface area contributed by atoms with Gasteiger partial charge in [-0.05, 0) is 47.2 Å². The molecule has 1 fully saturated rings. The molecule has 0 unspecified atom stereocenters. The molecule has 2 aromatic carbocycles. The minimum atomic E-state index is -0.376. The Morgan fingerprint density at radius 2 is 2.04 bits per heavy atom. The molecule has 8 heteroatoms. The minimum Gasteiger partial charge on any atom is -0.503 e. The number of halogens is 2. The van der Waals surface area contributed by atoms with Gasteiger partial charge in [0.05, 0.1) is 23.6 Å². The lowest BCUT2D eigenvalue weighted by atomic mass is 10.1. The van der Waals surface area contributed by atoms with Gasteiger partial charge in [0, 0.05) is 4.47 Å². The number of hydrogen-bond donors (Lipinski definition) is 1. The minimum absolute atomic E-state index is 0.100. The molecule has 2 amide bonds. The molecule has 0 saturated carbocycles. The number of ether oxygens (including phenoxy) is 1. The normalized spacial score (nSPS) is 15.8. The third kappa shape index (κ3) is 3.75. The third-order valence-corrected chi connectivity index (χ3v) is 5.70. The summed E-state index contributed by atoms with van der Waals surface area (Å²) in [5.74, 6) is -0.358. The molecule has 0 aromatic heterocycles. The third-order valence-electron chi connectivity index (χ3n) is 3.73. The average molecular weight is 455 g/mol. The molecule has 134 valence electrons. The van der Waals surface area contributed by atoms with Gasteiger partial charge in [0.2, 0.25) is 0 Å². The second-order valence-corrected chi connectivity index (χ2v) is 7.67. The van der Waals surface area contributed by atoms with E-state index in [1.807, 2.05) is 24.3 Å². The maximum absolute atomic E-state index is 12.6. The zero-order valence-corrected chi connectivity index (χ0v) is 16.7. The number of phenols is 1. The van der Waals surface area contributed by atoms with E-state index in [9.17, 15) is 14.7 Å². The van der Waals surface area contributed by atoms with Crippen molar-refractivity contribution >= 4 is 56.5 Å². The summed E-state index contributed by atoms with van der Waals surface area (Å²) in [4.78, 5) is 26.4. The van der Waals surface area contributed by atoms with E-state index in [0.29, 0.717) is 5.56 Å². The molecule has 1 aliphatic rings. The Labute approximate surface area is 167 Å². The second kappa shape index (κ2) is 7.73. The number of thioether (sulfide) groups is 1. The fourth-order valence-corrected chi connectivity index (χ4v) is 3.88.